The van der Waals surface area contributed by atoms with Crippen molar-refractivity contribution < 1.29 is 9.90 Å². The number of nitrogen functional groups attached to an aromatic ring is 1. The fourth-order valence-corrected chi connectivity index (χ4v) is 2.21. The van der Waals surface area contributed by atoms with E-state index in [4.69, 9.17) is 5.73 Å². The largest absolute Gasteiger partial charge is 0.386 e. The minimum absolute atomic E-state index is 0.135. The van der Waals surface area contributed by atoms with E-state index in [-0.39, 0.29) is 5.91 Å². The highest BCUT2D eigenvalue weighted by Crippen LogP contribution is 2.28. The molecule has 2 heterocycles. The first-order chi connectivity index (χ1) is 7.95. The molecule has 1 fully saturated rings. The molecule has 0 aromatic carbocycles. The van der Waals surface area contributed by atoms with Crippen molar-refractivity contribution in [3.8, 4) is 0 Å². The number of aromatic nitrogens is 1. The first-order valence-corrected chi connectivity index (χ1v) is 6.17. The summed E-state index contributed by atoms with van der Waals surface area (Å²) in [6.07, 6.45) is 2.16. The number of aliphatic hydroxyl groups is 1. The van der Waals surface area contributed by atoms with Crippen molar-refractivity contribution in [2.24, 2.45) is 0 Å². The first-order valence-electron chi connectivity index (χ1n) is 5.38. The van der Waals surface area contributed by atoms with Crippen molar-refractivity contribution in [1.82, 2.24) is 9.88 Å². The second kappa shape index (κ2) is 4.27. The van der Waals surface area contributed by atoms with Gasteiger partial charge in [0, 0.05) is 10.7 Å². The molecule has 2 rings (SSSR count). The molecule has 0 atom stereocenters. The normalized spacial score (nSPS) is 17.7. The van der Waals surface area contributed by atoms with E-state index < -0.39 is 5.60 Å². The SMILES string of the molecule is CCC1(O)CN(C(=O)c2cc(N)ncc2Br)C1. The summed E-state index contributed by atoms with van der Waals surface area (Å²) in [6, 6.07) is 1.54. The summed E-state index contributed by atoms with van der Waals surface area (Å²) in [6.45, 7) is 2.65. The number of pyridine rings is 1. The molecule has 92 valence electrons. The highest BCUT2D eigenvalue weighted by molar-refractivity contribution is 9.10. The Kier molecular flexibility index (Phi) is 3.09. The molecule has 5 nitrogen and oxygen atoms in total. The molecule has 1 aliphatic rings. The summed E-state index contributed by atoms with van der Waals surface area (Å²) < 4.78 is 0.614. The number of hydrogen-bond donors (Lipinski definition) is 2. The van der Waals surface area contributed by atoms with Gasteiger partial charge in [-0.05, 0) is 28.4 Å². The lowest BCUT2D eigenvalue weighted by atomic mass is 9.91. The number of nitrogens with two attached hydrogens (primary N) is 1. The Morgan fingerprint density at radius 3 is 2.94 bits per heavy atom. The average Bonchev–Trinajstić information content (AvgIpc) is 2.27. The van der Waals surface area contributed by atoms with Crippen molar-refractivity contribution in [3.05, 3.63) is 22.3 Å². The number of likely N-dealkylation sites (tertiary alicyclic amines) is 1. The molecule has 0 unspecified atom stereocenters. The standard InChI is InChI=1S/C11H14BrN3O2/c1-2-11(17)5-15(6-11)10(16)7-3-9(13)14-4-8(7)12/h3-4,17H,2,5-6H2,1H3,(H2,13,14). The Morgan fingerprint density at radius 2 is 2.35 bits per heavy atom. The smallest absolute Gasteiger partial charge is 0.255 e. The second-order valence-corrected chi connectivity index (χ2v) is 5.18. The zero-order valence-electron chi connectivity index (χ0n) is 9.48. The zero-order valence-corrected chi connectivity index (χ0v) is 11.1. The fourth-order valence-electron chi connectivity index (χ4n) is 1.82. The zero-order chi connectivity index (χ0) is 12.6. The van der Waals surface area contributed by atoms with Crippen molar-refractivity contribution in [3.63, 3.8) is 0 Å². The molecule has 17 heavy (non-hydrogen) atoms. The van der Waals surface area contributed by atoms with Gasteiger partial charge in [0.15, 0.2) is 0 Å². The van der Waals surface area contributed by atoms with E-state index in [9.17, 15) is 9.90 Å². The monoisotopic (exact) mass is 299 g/mol. The molecule has 0 radical (unpaired) electrons. The maximum absolute atomic E-state index is 12.1. The van der Waals surface area contributed by atoms with Gasteiger partial charge < -0.3 is 15.7 Å². The van der Waals surface area contributed by atoms with Crippen LogP contribution in [0.1, 0.15) is 23.7 Å². The van der Waals surface area contributed by atoms with Crippen molar-refractivity contribution in [2.45, 2.75) is 18.9 Å². The van der Waals surface area contributed by atoms with Crippen LogP contribution in [0.25, 0.3) is 0 Å². The number of carbonyl (C=O) groups excluding carboxylic acids is 1. The van der Waals surface area contributed by atoms with Crippen LogP contribution >= 0.6 is 15.9 Å². The average molecular weight is 300 g/mol. The number of halogens is 1. The number of nitrogens with zero attached hydrogens (tertiary/aromatic N) is 2. The number of carbonyl (C=O) groups is 1. The minimum Gasteiger partial charge on any atom is -0.386 e. The van der Waals surface area contributed by atoms with E-state index in [1.165, 1.54) is 12.3 Å². The molecule has 0 spiro atoms. The van der Waals surface area contributed by atoms with Gasteiger partial charge in [-0.3, -0.25) is 4.79 Å². The molecule has 1 amide bonds. The number of amides is 1. The number of anilines is 1. The van der Waals surface area contributed by atoms with Crippen LogP contribution in [0.4, 0.5) is 5.82 Å². The maximum Gasteiger partial charge on any atom is 0.255 e. The van der Waals surface area contributed by atoms with Crippen LogP contribution in [0, 0.1) is 0 Å². The summed E-state index contributed by atoms with van der Waals surface area (Å²) in [5, 5.41) is 9.87. The third-order valence-corrected chi connectivity index (χ3v) is 3.65. The molecule has 1 aromatic rings. The molecule has 1 aromatic heterocycles. The van der Waals surface area contributed by atoms with Crippen molar-refractivity contribution in [2.75, 3.05) is 18.8 Å². The summed E-state index contributed by atoms with van der Waals surface area (Å²) in [5.74, 6) is 0.173. The van der Waals surface area contributed by atoms with E-state index in [1.807, 2.05) is 6.92 Å². The quantitative estimate of drug-likeness (QED) is 0.855. The number of hydrogen-bond acceptors (Lipinski definition) is 4. The number of β-amino-alcohol motifs (C(OH)–C–C–N with tert-alkyl or cyclic N) is 1. The third kappa shape index (κ3) is 2.28. The molecule has 1 saturated heterocycles. The van der Waals surface area contributed by atoms with Crippen LogP contribution in [0.5, 0.6) is 0 Å². The van der Waals surface area contributed by atoms with Gasteiger partial charge >= 0.3 is 0 Å². The predicted octanol–water partition coefficient (Wildman–Crippen LogP) is 1.02. The molecule has 0 bridgehead atoms. The molecule has 0 aliphatic carbocycles. The summed E-state index contributed by atoms with van der Waals surface area (Å²) in [4.78, 5) is 17.6. The van der Waals surface area contributed by atoms with Gasteiger partial charge in [0.25, 0.3) is 5.91 Å². The summed E-state index contributed by atoms with van der Waals surface area (Å²) >= 11 is 3.27. The van der Waals surface area contributed by atoms with Gasteiger partial charge in [0.05, 0.1) is 24.3 Å². The van der Waals surface area contributed by atoms with Gasteiger partial charge in [0.2, 0.25) is 0 Å². The molecule has 1 aliphatic heterocycles. The summed E-state index contributed by atoms with van der Waals surface area (Å²) in [7, 11) is 0. The Bertz CT molecular complexity index is 458. The van der Waals surface area contributed by atoms with Gasteiger partial charge in [0.1, 0.15) is 5.82 Å². The third-order valence-electron chi connectivity index (χ3n) is 3.02. The Morgan fingerprint density at radius 1 is 1.71 bits per heavy atom. The maximum atomic E-state index is 12.1. The molecule has 0 saturated carbocycles. The van der Waals surface area contributed by atoms with Crippen molar-refractivity contribution >= 4 is 27.7 Å². The first kappa shape index (κ1) is 12.3. The van der Waals surface area contributed by atoms with E-state index in [0.29, 0.717) is 35.4 Å². The lowest BCUT2D eigenvalue weighted by Crippen LogP contribution is -2.63. The van der Waals surface area contributed by atoms with Crippen LogP contribution in [0.3, 0.4) is 0 Å². The van der Waals surface area contributed by atoms with Crippen LogP contribution < -0.4 is 5.73 Å². The lowest BCUT2D eigenvalue weighted by molar-refractivity contribution is -0.0826. The predicted molar refractivity (Wildman–Crippen MR) is 67.5 cm³/mol. The topological polar surface area (TPSA) is 79.5 Å². The van der Waals surface area contributed by atoms with Gasteiger partial charge in [-0.15, -0.1) is 0 Å². The molecular weight excluding hydrogens is 286 g/mol. The van der Waals surface area contributed by atoms with Crippen LogP contribution in [-0.4, -0.2) is 39.6 Å². The van der Waals surface area contributed by atoms with Crippen LogP contribution in [-0.2, 0) is 0 Å². The highest BCUT2D eigenvalue weighted by Gasteiger charge is 2.42. The molecule has 6 heteroatoms. The van der Waals surface area contributed by atoms with E-state index in [2.05, 4.69) is 20.9 Å². The summed E-state index contributed by atoms with van der Waals surface area (Å²) in [5.41, 5.74) is 5.31. The number of rotatable bonds is 2. The van der Waals surface area contributed by atoms with Gasteiger partial charge in [-0.1, -0.05) is 6.92 Å². The van der Waals surface area contributed by atoms with Gasteiger partial charge in [-0.2, -0.15) is 0 Å². The molecular formula is C11H14BrN3O2. The Labute approximate surface area is 108 Å². The van der Waals surface area contributed by atoms with E-state index >= 15 is 0 Å². The van der Waals surface area contributed by atoms with Gasteiger partial charge in [-0.25, -0.2) is 4.98 Å². The van der Waals surface area contributed by atoms with E-state index in [1.54, 1.807) is 4.90 Å². The van der Waals surface area contributed by atoms with E-state index in [0.717, 1.165) is 0 Å². The minimum atomic E-state index is -0.722. The second-order valence-electron chi connectivity index (χ2n) is 4.33. The molecule has 3 N–H and O–H groups in total. The van der Waals surface area contributed by atoms with Crippen LogP contribution in [0.2, 0.25) is 0 Å². The Balaban J connectivity index is 2.14. The van der Waals surface area contributed by atoms with Crippen LogP contribution in [0.15, 0.2) is 16.7 Å². The Hall–Kier alpha value is -1.14. The fraction of sp³-hybridized carbons (Fsp3) is 0.455. The lowest BCUT2D eigenvalue weighted by Gasteiger charge is -2.46. The highest BCUT2D eigenvalue weighted by atomic mass is 79.9. The van der Waals surface area contributed by atoms with Crippen molar-refractivity contribution in [1.29, 1.82) is 0 Å².